The number of aliphatic carboxylic acids is 1. The Labute approximate surface area is 517 Å². The third kappa shape index (κ3) is 19.5. The van der Waals surface area contributed by atoms with Crippen LogP contribution in [-0.4, -0.2) is 114 Å². The maximum absolute atomic E-state index is 14.2. The van der Waals surface area contributed by atoms with Crippen LogP contribution in [0.4, 0.5) is 21.0 Å². The number of carbonyl (C=O) groups is 9. The molecule has 1 aliphatic heterocycles. The van der Waals surface area contributed by atoms with Crippen LogP contribution in [0.2, 0.25) is 0 Å². The highest BCUT2D eigenvalue weighted by Crippen LogP contribution is 2.32. The third-order valence-corrected chi connectivity index (χ3v) is 15.6. The van der Waals surface area contributed by atoms with Gasteiger partial charge in [0.2, 0.25) is 35.4 Å². The predicted octanol–water partition coefficient (Wildman–Crippen LogP) is 7.07. The van der Waals surface area contributed by atoms with Gasteiger partial charge in [-0.25, -0.2) is 14.4 Å². The number of ether oxygens (including phenoxy) is 1. The van der Waals surface area contributed by atoms with Gasteiger partial charge in [0.05, 0.1) is 24.3 Å². The number of carboxylic acid groups (broad SMARTS) is 1. The van der Waals surface area contributed by atoms with E-state index in [1.54, 1.807) is 63.2 Å². The molecule has 0 unspecified atom stereocenters. The number of para-hydroxylation sites is 1. The van der Waals surface area contributed by atoms with Crippen LogP contribution in [0.3, 0.4) is 0 Å². The Bertz CT molecular complexity index is 3280. The minimum absolute atomic E-state index is 0.0913. The Balaban J connectivity index is 1.15. The summed E-state index contributed by atoms with van der Waals surface area (Å²) in [5.41, 5.74) is 10.3. The molecule has 0 saturated heterocycles. The second-order valence-corrected chi connectivity index (χ2v) is 24.5. The number of likely N-dealkylation sites (N-methyl/N-ethyl adjacent to an activating group) is 2. The fourth-order valence-electron chi connectivity index (χ4n) is 10.3. The molecule has 0 radical (unpaired) electrons. The number of hydrogen-bond acceptors (Lipinski definition) is 11. The molecule has 9 amide bonds. The molecular formula is C67H88N10O11. The Morgan fingerprint density at radius 3 is 2.03 bits per heavy atom. The molecule has 0 bridgehead atoms. The Morgan fingerprint density at radius 1 is 0.773 bits per heavy atom. The van der Waals surface area contributed by atoms with Gasteiger partial charge in [-0.15, -0.1) is 0 Å². The maximum atomic E-state index is 14.2. The van der Waals surface area contributed by atoms with Crippen molar-refractivity contribution in [3.05, 3.63) is 142 Å². The summed E-state index contributed by atoms with van der Waals surface area (Å²) in [4.78, 5) is 123. The van der Waals surface area contributed by atoms with Gasteiger partial charge in [-0.1, -0.05) is 141 Å². The lowest BCUT2D eigenvalue weighted by atomic mass is 9.76. The predicted molar refractivity (Wildman–Crippen MR) is 338 cm³/mol. The molecule has 5 atom stereocenters. The lowest BCUT2D eigenvalue weighted by Gasteiger charge is -2.40. The van der Waals surface area contributed by atoms with Gasteiger partial charge in [0, 0.05) is 60.8 Å². The monoisotopic (exact) mass is 1210 g/mol. The fourth-order valence-corrected chi connectivity index (χ4v) is 10.3. The van der Waals surface area contributed by atoms with Crippen molar-refractivity contribution in [2.45, 2.75) is 157 Å². The summed E-state index contributed by atoms with van der Waals surface area (Å²) >= 11 is 0. The van der Waals surface area contributed by atoms with E-state index in [4.69, 9.17) is 10.5 Å². The molecule has 0 saturated carbocycles. The molecule has 472 valence electrons. The number of hydrogen-bond donors (Lipinski definition) is 9. The number of primary amides is 1. The molecule has 4 aromatic carbocycles. The van der Waals surface area contributed by atoms with Crippen LogP contribution < -0.4 is 47.9 Å². The molecule has 5 rings (SSSR count). The molecule has 1 aliphatic rings. The van der Waals surface area contributed by atoms with Gasteiger partial charge < -0.3 is 62.6 Å². The third-order valence-electron chi connectivity index (χ3n) is 15.6. The van der Waals surface area contributed by atoms with E-state index in [1.165, 1.54) is 11.8 Å². The number of carboxylic acids is 1. The summed E-state index contributed by atoms with van der Waals surface area (Å²) in [6.07, 6.45) is 0.874. The summed E-state index contributed by atoms with van der Waals surface area (Å²) in [7, 11) is 3.30. The number of nitrogens with zero attached hydrogens (tertiary/aromatic N) is 2. The number of urea groups is 1. The van der Waals surface area contributed by atoms with Gasteiger partial charge in [0.1, 0.15) is 24.7 Å². The van der Waals surface area contributed by atoms with Gasteiger partial charge >= 0.3 is 18.1 Å². The van der Waals surface area contributed by atoms with Crippen molar-refractivity contribution < 1.29 is 53.0 Å². The van der Waals surface area contributed by atoms with E-state index in [0.29, 0.717) is 22.5 Å². The Hall–Kier alpha value is -9.03. The second-order valence-electron chi connectivity index (χ2n) is 24.5. The van der Waals surface area contributed by atoms with Gasteiger partial charge in [0.15, 0.2) is 0 Å². The number of rotatable bonds is 27. The normalized spacial score (nSPS) is 13.9. The van der Waals surface area contributed by atoms with Crippen molar-refractivity contribution in [1.29, 1.82) is 0 Å². The number of carbonyl (C=O) groups excluding carboxylic acids is 8. The van der Waals surface area contributed by atoms with Crippen LogP contribution in [0, 0.1) is 36.0 Å². The number of fused-ring (bicyclic) bond motifs is 2. The smallest absolute Gasteiger partial charge is 0.407 e. The van der Waals surface area contributed by atoms with E-state index < -0.39 is 88.7 Å². The summed E-state index contributed by atoms with van der Waals surface area (Å²) < 4.78 is 5.53. The molecule has 4 aromatic rings. The van der Waals surface area contributed by atoms with Crippen molar-refractivity contribution in [3.8, 4) is 11.8 Å². The standard InChI is InChI=1S/C67H88N10O11/c1-40(2)53(36-43(6)63(84)85)76(13)62(83)58(66(7,8)9)75-61(82)57(69-12)67(10,11)49-29-28-47(42(5)35-49)37-71-65(87)88-39-44-24-30-50(31-25-44)72-59(80)51(22-18-34-70-64(68)86)73-60(81)56(41(3)4)74-54(78)32-33-55(79)77-38-48-21-15-14-19-45(48)26-27-46-20-16-17-23-52(46)77/h14-17,19-21,23-25,28-31,35-36,40-41,51,53,56-58,69H,18,22,32-34,37-39H2,1-13H3,(H,71,87)(H,72,80)(H,73,81)(H,74,78)(H,75,82)(H,84,85)(H3,68,70,86)/b43-36+/t51-,53+,56-,57-,58+/m0/s1. The molecule has 0 aromatic heterocycles. The summed E-state index contributed by atoms with van der Waals surface area (Å²) in [6.45, 7) is 20.5. The average Bonchev–Trinajstić information content (AvgIpc) is 0.971. The van der Waals surface area contributed by atoms with Crippen LogP contribution in [-0.2, 0) is 63.4 Å². The summed E-state index contributed by atoms with van der Waals surface area (Å²) in [5, 5.41) is 29.4. The molecule has 0 aliphatic carbocycles. The van der Waals surface area contributed by atoms with Gasteiger partial charge in [-0.3, -0.25) is 28.8 Å². The topological polar surface area (TPSA) is 300 Å². The number of anilines is 2. The zero-order valence-corrected chi connectivity index (χ0v) is 52.9. The summed E-state index contributed by atoms with van der Waals surface area (Å²) in [5.74, 6) is 1.98. The van der Waals surface area contributed by atoms with E-state index in [2.05, 4.69) is 49.1 Å². The highest BCUT2D eigenvalue weighted by atomic mass is 16.5. The Kier molecular flexibility index (Phi) is 25.0. The number of nitrogens with one attached hydrogen (secondary N) is 7. The van der Waals surface area contributed by atoms with Gasteiger partial charge in [-0.2, -0.15) is 0 Å². The number of alkyl carbamates (subject to hydrolysis) is 1. The van der Waals surface area contributed by atoms with E-state index in [1.807, 2.05) is 122 Å². The van der Waals surface area contributed by atoms with Crippen LogP contribution in [0.15, 0.2) is 103 Å². The zero-order chi connectivity index (χ0) is 65.2. The van der Waals surface area contributed by atoms with Gasteiger partial charge in [-0.05, 0) is 109 Å². The number of nitrogens with two attached hydrogens (primary N) is 1. The van der Waals surface area contributed by atoms with E-state index >= 15 is 0 Å². The SMILES string of the molecule is CN[C@@H](C(=O)N[C@H](C(=O)N(C)[C@H](/C=C(\C)C(=O)O)C(C)C)C(C)(C)C)C(C)(C)c1ccc(CNC(=O)OCc2ccc(NC(=O)[C@H](CCCNC(N)=O)NC(=O)[C@@H](NC(=O)CCC(=O)N3Cc4ccccc4C#Cc4ccccc43)C(C)C)cc2)c(C)c1. The number of aryl methyl sites for hydroxylation is 1. The van der Waals surface area contributed by atoms with Crippen LogP contribution in [0.1, 0.15) is 134 Å². The number of benzene rings is 4. The van der Waals surface area contributed by atoms with E-state index in [9.17, 15) is 48.3 Å². The first-order valence-electron chi connectivity index (χ1n) is 29.6. The van der Waals surface area contributed by atoms with Crippen molar-refractivity contribution in [3.63, 3.8) is 0 Å². The number of amides is 9. The van der Waals surface area contributed by atoms with E-state index in [0.717, 1.165) is 27.8 Å². The molecule has 0 spiro atoms. The first kappa shape index (κ1) is 69.7. The minimum Gasteiger partial charge on any atom is -0.478 e. The summed E-state index contributed by atoms with van der Waals surface area (Å²) in [6, 6.07) is 22.0. The Morgan fingerprint density at radius 2 is 1.42 bits per heavy atom. The second kappa shape index (κ2) is 31.6. The van der Waals surface area contributed by atoms with Crippen molar-refractivity contribution in [1.82, 2.24) is 36.8 Å². The van der Waals surface area contributed by atoms with Crippen molar-refractivity contribution >= 4 is 64.9 Å². The minimum atomic E-state index is -1.11. The fraction of sp³-hybridized carbons (Fsp3) is 0.448. The highest BCUT2D eigenvalue weighted by Gasteiger charge is 2.42. The first-order valence-corrected chi connectivity index (χ1v) is 29.6. The molecule has 1 heterocycles. The van der Waals surface area contributed by atoms with E-state index in [-0.39, 0.29) is 75.2 Å². The quantitative estimate of drug-likeness (QED) is 0.0165. The van der Waals surface area contributed by atoms with Crippen molar-refractivity contribution in [2.75, 3.05) is 30.9 Å². The molecule has 21 heteroatoms. The maximum Gasteiger partial charge on any atom is 0.407 e. The van der Waals surface area contributed by atoms with Crippen LogP contribution >= 0.6 is 0 Å². The largest absolute Gasteiger partial charge is 0.478 e. The lowest BCUT2D eigenvalue weighted by Crippen LogP contribution is -2.61. The van der Waals surface area contributed by atoms with Crippen LogP contribution in [0.25, 0.3) is 0 Å². The molecule has 21 nitrogen and oxygen atoms in total. The van der Waals surface area contributed by atoms with Crippen molar-refractivity contribution in [2.24, 2.45) is 23.0 Å². The van der Waals surface area contributed by atoms with Crippen LogP contribution in [0.5, 0.6) is 0 Å². The lowest BCUT2D eigenvalue weighted by molar-refractivity contribution is -0.141. The molecule has 10 N–H and O–H groups in total. The molecule has 0 fully saturated rings. The highest BCUT2D eigenvalue weighted by molar-refractivity contribution is 6.00. The average molecular weight is 1210 g/mol. The molecular weight excluding hydrogens is 1120 g/mol. The van der Waals surface area contributed by atoms with Gasteiger partial charge in [0.25, 0.3) is 0 Å². The zero-order valence-electron chi connectivity index (χ0n) is 52.9. The first-order chi connectivity index (χ1) is 41.4. The molecule has 88 heavy (non-hydrogen) atoms.